The van der Waals surface area contributed by atoms with Gasteiger partial charge in [0.05, 0.1) is 23.6 Å². The van der Waals surface area contributed by atoms with Crippen LogP contribution in [0.15, 0.2) is 34.8 Å². The molecular formula is C15H13N3O3S2. The number of hydrogen-bond donors (Lipinski definition) is 1. The maximum atomic E-state index is 12.0. The van der Waals surface area contributed by atoms with Crippen LogP contribution in [0.1, 0.15) is 22.2 Å². The number of carbonyl (C=O) groups excluding carboxylic acids is 2. The third kappa shape index (κ3) is 4.55. The molecule has 0 spiro atoms. The molecule has 0 saturated heterocycles. The summed E-state index contributed by atoms with van der Waals surface area (Å²) in [6.07, 6.45) is 1.57. The Bertz CT molecular complexity index is 752. The monoisotopic (exact) mass is 347 g/mol. The molecule has 8 heteroatoms. The fourth-order valence-electron chi connectivity index (χ4n) is 1.67. The van der Waals surface area contributed by atoms with Gasteiger partial charge in [0, 0.05) is 6.20 Å². The number of nitrogens with zero attached hydrogens (tertiary/aromatic N) is 2. The minimum Gasteiger partial charge on any atom is -0.462 e. The fraction of sp³-hybridized carbons (Fsp3) is 0.200. The molecule has 2 aromatic heterocycles. The number of thiophene rings is 1. The molecule has 0 unspecified atom stereocenters. The molecule has 0 fully saturated rings. The summed E-state index contributed by atoms with van der Waals surface area (Å²) in [6.45, 7) is 2.00. The highest BCUT2D eigenvalue weighted by Gasteiger charge is 2.16. The van der Waals surface area contributed by atoms with Gasteiger partial charge in [-0.2, -0.15) is 5.26 Å². The number of rotatable bonds is 6. The lowest BCUT2D eigenvalue weighted by Gasteiger charge is -2.06. The predicted molar refractivity (Wildman–Crippen MR) is 88.6 cm³/mol. The first-order chi connectivity index (χ1) is 11.2. The topological polar surface area (TPSA) is 92.1 Å². The quantitative estimate of drug-likeness (QED) is 0.638. The highest BCUT2D eigenvalue weighted by Crippen LogP contribution is 2.24. The van der Waals surface area contributed by atoms with Gasteiger partial charge < -0.3 is 10.1 Å². The van der Waals surface area contributed by atoms with Gasteiger partial charge in [0.2, 0.25) is 5.91 Å². The van der Waals surface area contributed by atoms with E-state index >= 15 is 0 Å². The maximum Gasteiger partial charge on any atom is 0.350 e. The standard InChI is InChI=1S/C15H13N3O3S2/c1-2-21-15(20)13-11(5-7-22-13)18-12(19)9-23-14-10(8-16)4-3-6-17-14/h3-7H,2,9H2,1H3,(H,18,19). The number of thioether (sulfide) groups is 1. The van der Waals surface area contributed by atoms with E-state index in [-0.39, 0.29) is 18.3 Å². The molecule has 0 radical (unpaired) electrons. The molecule has 23 heavy (non-hydrogen) atoms. The molecule has 118 valence electrons. The van der Waals surface area contributed by atoms with Gasteiger partial charge >= 0.3 is 5.97 Å². The van der Waals surface area contributed by atoms with E-state index in [2.05, 4.69) is 10.3 Å². The van der Waals surface area contributed by atoms with E-state index in [1.54, 1.807) is 36.7 Å². The first-order valence-corrected chi connectivity index (χ1v) is 8.54. The zero-order chi connectivity index (χ0) is 16.7. The van der Waals surface area contributed by atoms with E-state index in [0.717, 1.165) is 0 Å². The van der Waals surface area contributed by atoms with E-state index in [1.165, 1.54) is 23.1 Å². The second-order valence-corrected chi connectivity index (χ2v) is 6.07. The van der Waals surface area contributed by atoms with Crippen LogP contribution in [0.4, 0.5) is 5.69 Å². The van der Waals surface area contributed by atoms with Crippen molar-refractivity contribution in [1.82, 2.24) is 4.98 Å². The number of ether oxygens (including phenoxy) is 1. The number of aromatic nitrogens is 1. The molecule has 0 aliphatic heterocycles. The molecule has 2 rings (SSSR count). The molecule has 0 saturated carbocycles. The van der Waals surface area contributed by atoms with Crippen LogP contribution in [-0.4, -0.2) is 29.2 Å². The Morgan fingerprint density at radius 1 is 1.48 bits per heavy atom. The molecule has 2 heterocycles. The molecule has 0 aliphatic carbocycles. The van der Waals surface area contributed by atoms with Crippen LogP contribution in [-0.2, 0) is 9.53 Å². The van der Waals surface area contributed by atoms with E-state index < -0.39 is 5.97 Å². The summed E-state index contributed by atoms with van der Waals surface area (Å²) in [5.74, 6) is -0.653. The SMILES string of the molecule is CCOC(=O)c1sccc1NC(=O)CSc1ncccc1C#N. The third-order valence-electron chi connectivity index (χ3n) is 2.63. The van der Waals surface area contributed by atoms with Crippen molar-refractivity contribution in [3.8, 4) is 6.07 Å². The van der Waals surface area contributed by atoms with Gasteiger partial charge in [-0.3, -0.25) is 4.79 Å². The summed E-state index contributed by atoms with van der Waals surface area (Å²) in [6, 6.07) is 6.99. The molecule has 0 aliphatic rings. The Morgan fingerprint density at radius 2 is 2.30 bits per heavy atom. The van der Waals surface area contributed by atoms with Crippen molar-refractivity contribution >= 4 is 40.7 Å². The highest BCUT2D eigenvalue weighted by molar-refractivity contribution is 8.00. The van der Waals surface area contributed by atoms with Gasteiger partial charge in [0.25, 0.3) is 0 Å². The van der Waals surface area contributed by atoms with Crippen LogP contribution in [0, 0.1) is 11.3 Å². The van der Waals surface area contributed by atoms with Crippen LogP contribution in [0.5, 0.6) is 0 Å². The Balaban J connectivity index is 1.97. The smallest absolute Gasteiger partial charge is 0.350 e. The number of hydrogen-bond acceptors (Lipinski definition) is 7. The van der Waals surface area contributed by atoms with Crippen molar-refractivity contribution in [2.24, 2.45) is 0 Å². The Morgan fingerprint density at radius 3 is 3.04 bits per heavy atom. The van der Waals surface area contributed by atoms with E-state index in [4.69, 9.17) is 10.00 Å². The Kier molecular flexibility index (Phi) is 6.14. The minimum absolute atomic E-state index is 0.0871. The van der Waals surface area contributed by atoms with Gasteiger partial charge in [-0.1, -0.05) is 11.8 Å². The van der Waals surface area contributed by atoms with Crippen molar-refractivity contribution in [3.63, 3.8) is 0 Å². The molecule has 6 nitrogen and oxygen atoms in total. The van der Waals surface area contributed by atoms with E-state index in [9.17, 15) is 9.59 Å². The summed E-state index contributed by atoms with van der Waals surface area (Å²) < 4.78 is 4.94. The average molecular weight is 347 g/mol. The predicted octanol–water partition coefficient (Wildman–Crippen LogP) is 2.92. The highest BCUT2D eigenvalue weighted by atomic mass is 32.2. The lowest BCUT2D eigenvalue weighted by Crippen LogP contribution is -2.16. The Hall–Kier alpha value is -2.37. The summed E-state index contributed by atoms with van der Waals surface area (Å²) in [7, 11) is 0. The number of nitrogens with one attached hydrogen (secondary N) is 1. The maximum absolute atomic E-state index is 12.0. The normalized spacial score (nSPS) is 9.91. The van der Waals surface area contributed by atoms with Crippen molar-refractivity contribution in [2.75, 3.05) is 17.7 Å². The second-order valence-electron chi connectivity index (χ2n) is 4.19. The largest absolute Gasteiger partial charge is 0.462 e. The van der Waals surface area contributed by atoms with Gasteiger partial charge in [0.15, 0.2) is 0 Å². The van der Waals surface area contributed by atoms with Gasteiger partial charge in [-0.15, -0.1) is 11.3 Å². The summed E-state index contributed by atoms with van der Waals surface area (Å²) in [5, 5.41) is 13.9. The summed E-state index contributed by atoms with van der Waals surface area (Å²) in [4.78, 5) is 28.2. The molecule has 0 aromatic carbocycles. The summed E-state index contributed by atoms with van der Waals surface area (Å²) in [5.41, 5.74) is 0.855. The van der Waals surface area contributed by atoms with Crippen molar-refractivity contribution < 1.29 is 14.3 Å². The molecule has 1 amide bonds. The minimum atomic E-state index is -0.457. The molecular weight excluding hydrogens is 334 g/mol. The van der Waals surface area contributed by atoms with Crippen molar-refractivity contribution in [3.05, 3.63) is 40.2 Å². The fourth-order valence-corrected chi connectivity index (χ4v) is 3.16. The van der Waals surface area contributed by atoms with Crippen molar-refractivity contribution in [2.45, 2.75) is 11.9 Å². The Labute approximate surface area is 141 Å². The lowest BCUT2D eigenvalue weighted by atomic mass is 10.3. The van der Waals surface area contributed by atoms with Crippen LogP contribution >= 0.6 is 23.1 Å². The van der Waals surface area contributed by atoms with Crippen LogP contribution < -0.4 is 5.32 Å². The first kappa shape index (κ1) is 17.0. The van der Waals surface area contributed by atoms with Crippen LogP contribution in [0.3, 0.4) is 0 Å². The number of nitriles is 1. The average Bonchev–Trinajstić information content (AvgIpc) is 3.01. The molecule has 0 bridgehead atoms. The zero-order valence-corrected chi connectivity index (χ0v) is 13.9. The number of anilines is 1. The zero-order valence-electron chi connectivity index (χ0n) is 12.2. The van der Waals surface area contributed by atoms with Gasteiger partial charge in [-0.05, 0) is 30.5 Å². The van der Waals surface area contributed by atoms with Crippen LogP contribution in [0.25, 0.3) is 0 Å². The number of esters is 1. The van der Waals surface area contributed by atoms with Crippen molar-refractivity contribution in [1.29, 1.82) is 5.26 Å². The first-order valence-electron chi connectivity index (χ1n) is 6.68. The third-order valence-corrected chi connectivity index (χ3v) is 4.53. The molecule has 0 atom stereocenters. The second kappa shape index (κ2) is 8.31. The molecule has 1 N–H and O–H groups in total. The summed E-state index contributed by atoms with van der Waals surface area (Å²) >= 11 is 2.38. The van der Waals surface area contributed by atoms with E-state index in [0.29, 0.717) is 21.2 Å². The van der Waals surface area contributed by atoms with Gasteiger partial charge in [0.1, 0.15) is 16.0 Å². The molecule has 2 aromatic rings. The lowest BCUT2D eigenvalue weighted by molar-refractivity contribution is -0.113. The number of carbonyl (C=O) groups is 2. The van der Waals surface area contributed by atoms with E-state index in [1.807, 2.05) is 6.07 Å². The van der Waals surface area contributed by atoms with Gasteiger partial charge in [-0.25, -0.2) is 9.78 Å². The van der Waals surface area contributed by atoms with Crippen LogP contribution in [0.2, 0.25) is 0 Å². The number of pyridine rings is 1. The number of amides is 1.